The van der Waals surface area contributed by atoms with Crippen molar-refractivity contribution in [2.45, 2.75) is 39.5 Å². The second kappa shape index (κ2) is 14.9. The molecule has 8 nitrogen and oxygen atoms in total. The number of hydrogen-bond acceptors (Lipinski definition) is 8. The minimum Gasteiger partial charge on any atom is -0.439 e. The molecule has 2 aliphatic heterocycles. The van der Waals surface area contributed by atoms with Gasteiger partial charge in [0.2, 0.25) is 33.5 Å². The molecule has 260 valence electrons. The molecule has 7 rings (SSSR count). The van der Waals surface area contributed by atoms with E-state index >= 15 is 0 Å². The second-order valence-electron chi connectivity index (χ2n) is 12.8. The molecular formula is C44H38N2O6. The molecule has 0 spiro atoms. The zero-order valence-corrected chi connectivity index (χ0v) is 29.1. The number of unbranched alkanes of at least 4 members (excludes halogenated alkanes) is 2. The van der Waals surface area contributed by atoms with Gasteiger partial charge in [0.15, 0.2) is 11.5 Å². The third kappa shape index (κ3) is 6.63. The molecule has 0 atom stereocenters. The summed E-state index contributed by atoms with van der Waals surface area (Å²) in [7, 11) is 0. The molecule has 0 bridgehead atoms. The third-order valence-corrected chi connectivity index (χ3v) is 9.32. The van der Waals surface area contributed by atoms with Gasteiger partial charge in [0, 0.05) is 13.1 Å². The average molecular weight is 691 g/mol. The largest absolute Gasteiger partial charge is 0.439 e. The molecule has 2 aliphatic rings. The van der Waals surface area contributed by atoms with Crippen LogP contribution in [0.5, 0.6) is 11.5 Å². The molecule has 2 heterocycles. The van der Waals surface area contributed by atoms with E-state index in [0.29, 0.717) is 36.4 Å². The maximum absolute atomic E-state index is 13.3. The first kappa shape index (κ1) is 34.2. The maximum atomic E-state index is 13.3. The zero-order valence-electron chi connectivity index (χ0n) is 29.1. The molecule has 5 aromatic carbocycles. The van der Waals surface area contributed by atoms with Crippen LogP contribution in [0.1, 0.15) is 39.5 Å². The number of anilines is 2. The van der Waals surface area contributed by atoms with Crippen LogP contribution in [-0.4, -0.2) is 13.1 Å². The van der Waals surface area contributed by atoms with Gasteiger partial charge < -0.3 is 19.3 Å². The lowest BCUT2D eigenvalue weighted by molar-refractivity contribution is 0.437. The van der Waals surface area contributed by atoms with Gasteiger partial charge >= 0.3 is 0 Å². The van der Waals surface area contributed by atoms with Crippen LogP contribution in [0.3, 0.4) is 0 Å². The van der Waals surface area contributed by atoms with Crippen LogP contribution in [0, 0.1) is 0 Å². The van der Waals surface area contributed by atoms with Crippen LogP contribution in [-0.2, 0) is 0 Å². The zero-order chi connectivity index (χ0) is 36.2. The molecule has 0 aromatic heterocycles. The standard InChI is InChI=1S/C44H38N2O6/c1-3-5-25-45-35-21-17-31(29-13-9-7-10-14-29)27-37(35)51-39(45)23-19-33-41(47)43(49)34(44(50)42(33)48)20-24-40-46(26-6-4-2)36-22-18-32(28-38(36)52-40)30-15-11-8-12-16-30/h7-24,27-28H,3-6,25-26H2,1-2H3/b33-19?,34-20?,39-23-,40-24-. The predicted octanol–water partition coefficient (Wildman–Crippen LogP) is 5.98. The molecule has 0 radical (unpaired) electrons. The van der Waals surface area contributed by atoms with Gasteiger partial charge in [0.1, 0.15) is 0 Å². The fraction of sp³-hybridized carbons (Fsp3) is 0.182. The van der Waals surface area contributed by atoms with Crippen LogP contribution < -0.4 is 51.4 Å². The average Bonchev–Trinajstić information content (AvgIpc) is 3.71. The lowest BCUT2D eigenvalue weighted by Gasteiger charge is -2.17. The second-order valence-corrected chi connectivity index (χ2v) is 12.8. The van der Waals surface area contributed by atoms with E-state index < -0.39 is 32.2 Å². The van der Waals surface area contributed by atoms with E-state index in [4.69, 9.17) is 9.47 Å². The van der Waals surface area contributed by atoms with Gasteiger partial charge in [-0.3, -0.25) is 19.2 Å². The van der Waals surface area contributed by atoms with Crippen LogP contribution in [0.25, 0.3) is 34.4 Å². The number of allylic oxidation sites excluding steroid dienone is 2. The number of ether oxygens (including phenoxy) is 2. The Labute approximate surface area is 300 Å². The third-order valence-electron chi connectivity index (χ3n) is 9.32. The molecule has 0 N–H and O–H groups in total. The molecule has 52 heavy (non-hydrogen) atoms. The Bertz CT molecular complexity index is 2310. The smallest absolute Gasteiger partial charge is 0.237 e. The van der Waals surface area contributed by atoms with Gasteiger partial charge in [-0.1, -0.05) is 99.5 Å². The van der Waals surface area contributed by atoms with Crippen molar-refractivity contribution in [3.8, 4) is 33.8 Å². The quantitative estimate of drug-likeness (QED) is 0.166. The Morgan fingerprint density at radius 3 is 1.23 bits per heavy atom. The van der Waals surface area contributed by atoms with Gasteiger partial charge in [-0.05, 0) is 83.7 Å². The normalized spacial score (nSPS) is 14.7. The summed E-state index contributed by atoms with van der Waals surface area (Å²) in [5.74, 6) is 2.06. The first-order valence-corrected chi connectivity index (χ1v) is 17.7. The Hall–Kier alpha value is -6.28. The Morgan fingerprint density at radius 2 is 0.865 bits per heavy atom. The SMILES string of the molecule is CCCCN1/C(=C/C=c2c(=O)c(=O)c(=C/C=C3\Oc4cc(-c5ccccc5)ccc4N3CCCC)c(=O)c2=O)Oc2cc(-c3ccccc3)ccc21. The van der Waals surface area contributed by atoms with E-state index in [-0.39, 0.29) is 0 Å². The summed E-state index contributed by atoms with van der Waals surface area (Å²) in [5.41, 5.74) is 1.58. The summed E-state index contributed by atoms with van der Waals surface area (Å²) in [5, 5.41) is -0.982. The topological polar surface area (TPSA) is 93.2 Å². The lowest BCUT2D eigenvalue weighted by atomic mass is 10.0. The molecule has 0 aliphatic carbocycles. The van der Waals surface area contributed by atoms with Crippen molar-refractivity contribution in [1.29, 1.82) is 0 Å². The summed E-state index contributed by atoms with van der Waals surface area (Å²) in [6.07, 6.45) is 9.04. The van der Waals surface area contributed by atoms with Crippen molar-refractivity contribution in [3.05, 3.63) is 172 Å². The summed E-state index contributed by atoms with van der Waals surface area (Å²) >= 11 is 0. The van der Waals surface area contributed by atoms with E-state index in [9.17, 15) is 19.2 Å². The molecule has 0 fully saturated rings. The van der Waals surface area contributed by atoms with Gasteiger partial charge in [0.25, 0.3) is 0 Å². The summed E-state index contributed by atoms with van der Waals surface area (Å²) in [6, 6.07) is 31.8. The van der Waals surface area contributed by atoms with Gasteiger partial charge in [-0.15, -0.1) is 0 Å². The predicted molar refractivity (Wildman–Crippen MR) is 208 cm³/mol. The fourth-order valence-corrected chi connectivity index (χ4v) is 6.48. The number of hydrogen-bond donors (Lipinski definition) is 0. The molecule has 0 saturated carbocycles. The molecule has 8 heteroatoms. The van der Waals surface area contributed by atoms with Crippen LogP contribution >= 0.6 is 0 Å². The van der Waals surface area contributed by atoms with E-state index in [2.05, 4.69) is 13.8 Å². The first-order chi connectivity index (χ1) is 25.4. The number of fused-ring (bicyclic) bond motifs is 2. The van der Waals surface area contributed by atoms with E-state index in [0.717, 1.165) is 59.3 Å². The molecular weight excluding hydrogens is 652 g/mol. The highest BCUT2D eigenvalue weighted by atomic mass is 16.5. The maximum Gasteiger partial charge on any atom is 0.237 e. The van der Waals surface area contributed by atoms with Crippen molar-refractivity contribution in [1.82, 2.24) is 0 Å². The van der Waals surface area contributed by atoms with Gasteiger partial charge in [0.05, 0.1) is 21.8 Å². The summed E-state index contributed by atoms with van der Waals surface area (Å²) in [4.78, 5) is 57.3. The van der Waals surface area contributed by atoms with E-state index in [1.54, 1.807) is 0 Å². The van der Waals surface area contributed by atoms with Crippen molar-refractivity contribution in [2.75, 3.05) is 22.9 Å². The number of benzene rings is 5. The molecule has 0 amide bonds. The van der Waals surface area contributed by atoms with Crippen molar-refractivity contribution in [2.24, 2.45) is 0 Å². The van der Waals surface area contributed by atoms with Crippen LogP contribution in [0.4, 0.5) is 11.4 Å². The monoisotopic (exact) mass is 690 g/mol. The van der Waals surface area contributed by atoms with Crippen molar-refractivity contribution < 1.29 is 9.47 Å². The first-order valence-electron chi connectivity index (χ1n) is 17.7. The highest BCUT2D eigenvalue weighted by molar-refractivity contribution is 5.76. The Kier molecular flexibility index (Phi) is 9.80. The van der Waals surface area contributed by atoms with Crippen LogP contribution in [0.2, 0.25) is 0 Å². The lowest BCUT2D eigenvalue weighted by Crippen LogP contribution is -2.64. The fourth-order valence-electron chi connectivity index (χ4n) is 6.48. The Morgan fingerprint density at radius 1 is 0.481 bits per heavy atom. The van der Waals surface area contributed by atoms with Gasteiger partial charge in [-0.25, -0.2) is 0 Å². The number of rotatable bonds is 10. The minimum absolute atomic E-state index is 0.397. The summed E-state index contributed by atoms with van der Waals surface area (Å²) < 4.78 is 12.4. The van der Waals surface area contributed by atoms with Crippen LogP contribution in [0.15, 0.2) is 140 Å². The molecule has 0 saturated heterocycles. The van der Waals surface area contributed by atoms with E-state index in [1.165, 1.54) is 24.3 Å². The van der Waals surface area contributed by atoms with E-state index in [1.807, 2.05) is 107 Å². The molecule has 5 aromatic rings. The minimum atomic E-state index is -1.04. The molecule has 0 unspecified atom stereocenters. The number of nitrogens with zero attached hydrogens (tertiary/aromatic N) is 2. The highest BCUT2D eigenvalue weighted by Crippen LogP contribution is 2.43. The van der Waals surface area contributed by atoms with Gasteiger partial charge in [-0.2, -0.15) is 0 Å². The van der Waals surface area contributed by atoms with Crippen molar-refractivity contribution >= 4 is 23.5 Å². The summed E-state index contributed by atoms with van der Waals surface area (Å²) in [6.45, 7) is 5.45. The Balaban J connectivity index is 1.23. The highest BCUT2D eigenvalue weighted by Gasteiger charge is 2.27. The van der Waals surface area contributed by atoms with Crippen molar-refractivity contribution in [3.63, 3.8) is 0 Å².